The van der Waals surface area contributed by atoms with Crippen LogP contribution >= 0.6 is 0 Å². The maximum atomic E-state index is 13.4. The molecule has 0 saturated heterocycles. The number of amides is 1. The van der Waals surface area contributed by atoms with Crippen molar-refractivity contribution in [2.75, 3.05) is 49.7 Å². The van der Waals surface area contributed by atoms with Gasteiger partial charge in [0.05, 0.1) is 41.9 Å². The third kappa shape index (κ3) is 6.50. The van der Waals surface area contributed by atoms with Crippen LogP contribution in [0.25, 0.3) is 44.8 Å². The molecule has 11 nitrogen and oxygen atoms in total. The Kier molecular flexibility index (Phi) is 8.74. The lowest BCUT2D eigenvalue weighted by atomic mass is 10.1. The van der Waals surface area contributed by atoms with E-state index in [-0.39, 0.29) is 32.3 Å². The number of ether oxygens (including phenoxy) is 1. The second-order valence-corrected chi connectivity index (χ2v) is 10.6. The number of nitrogens with zero attached hydrogens (tertiary/aromatic N) is 3. The van der Waals surface area contributed by atoms with E-state index in [2.05, 4.69) is 20.3 Å². The Balaban J connectivity index is 1.18. The van der Waals surface area contributed by atoms with E-state index in [9.17, 15) is 15.0 Å². The zero-order chi connectivity index (χ0) is 31.3. The van der Waals surface area contributed by atoms with Crippen LogP contribution in [0.15, 0.2) is 78.9 Å². The smallest absolute Gasteiger partial charge is 0.256 e. The highest BCUT2D eigenvalue weighted by atomic mass is 16.5. The minimum atomic E-state index is -0.242. The predicted octanol–water partition coefficient (Wildman–Crippen LogP) is 4.50. The molecule has 1 amide bonds. The molecule has 2 heterocycles. The lowest BCUT2D eigenvalue weighted by molar-refractivity contribution is 0.102. The molecular weight excluding hydrogens is 572 g/mol. The Morgan fingerprint density at radius 3 is 2.04 bits per heavy atom. The summed E-state index contributed by atoms with van der Waals surface area (Å²) in [7, 11) is 0. The van der Waals surface area contributed by atoms with Crippen LogP contribution in [0.1, 0.15) is 15.9 Å². The number of hydrogen-bond donors (Lipinski definition) is 6. The Morgan fingerprint density at radius 2 is 1.40 bits per heavy atom. The molecule has 230 valence electrons. The Morgan fingerprint density at radius 1 is 0.778 bits per heavy atom. The molecule has 0 unspecified atom stereocenters. The molecule has 0 bridgehead atoms. The van der Waals surface area contributed by atoms with Gasteiger partial charge in [0.15, 0.2) is 0 Å². The number of benzene rings is 4. The maximum Gasteiger partial charge on any atom is 0.256 e. The number of anilines is 2. The first-order valence-electron chi connectivity index (χ1n) is 14.7. The van der Waals surface area contributed by atoms with Gasteiger partial charge in [-0.1, -0.05) is 0 Å². The van der Waals surface area contributed by atoms with Gasteiger partial charge in [0.25, 0.3) is 5.91 Å². The number of aromatic amines is 2. The van der Waals surface area contributed by atoms with Crippen LogP contribution < -0.4 is 15.0 Å². The summed E-state index contributed by atoms with van der Waals surface area (Å²) in [6.07, 6.45) is 0. The maximum absolute atomic E-state index is 13.4. The molecule has 0 saturated carbocycles. The molecule has 6 N–H and O–H groups in total. The standard InChI is InChI=1S/C34H34N6O5/c1-21-18-29-31(39-33(37-29)22-2-7-25(8-3-22)40(12-14-41)13-15-42)20-27(21)34(44)35-24-6-11-28-30(19-24)38-32(36-28)23-4-9-26(10-5-23)45-17-16-43/h2-11,18-20,41-43H,12-17H2,1H3,(H,35,44)(H,36,38)(H,37,39). The van der Waals surface area contributed by atoms with Gasteiger partial charge in [0, 0.05) is 41.2 Å². The molecule has 0 atom stereocenters. The van der Waals surface area contributed by atoms with Crippen LogP contribution in [-0.2, 0) is 0 Å². The number of carbonyl (C=O) groups is 1. The highest BCUT2D eigenvalue weighted by molar-refractivity contribution is 6.07. The van der Waals surface area contributed by atoms with Gasteiger partial charge < -0.3 is 40.2 Å². The van der Waals surface area contributed by atoms with Crippen LogP contribution in [0.3, 0.4) is 0 Å². The number of nitrogens with one attached hydrogen (secondary N) is 3. The van der Waals surface area contributed by atoms with E-state index in [1.807, 2.05) is 84.6 Å². The number of hydrogen-bond acceptors (Lipinski definition) is 8. The van der Waals surface area contributed by atoms with Crippen LogP contribution in [0, 0.1) is 6.92 Å². The van der Waals surface area contributed by atoms with E-state index >= 15 is 0 Å². The van der Waals surface area contributed by atoms with Crippen LogP contribution in [-0.4, -0.2) is 80.7 Å². The molecule has 11 heteroatoms. The van der Waals surface area contributed by atoms with Crippen molar-refractivity contribution in [1.82, 2.24) is 19.9 Å². The molecular formula is C34H34N6O5. The number of aliphatic hydroxyl groups is 3. The van der Waals surface area contributed by atoms with E-state index < -0.39 is 0 Å². The van der Waals surface area contributed by atoms with Gasteiger partial charge in [0.2, 0.25) is 0 Å². The van der Waals surface area contributed by atoms with Crippen molar-refractivity contribution in [2.24, 2.45) is 0 Å². The number of H-pyrrole nitrogens is 2. The summed E-state index contributed by atoms with van der Waals surface area (Å²) in [6, 6.07) is 24.4. The molecule has 0 spiro atoms. The van der Waals surface area contributed by atoms with E-state index in [0.717, 1.165) is 38.9 Å². The number of rotatable bonds is 12. The van der Waals surface area contributed by atoms with Crippen LogP contribution in [0.2, 0.25) is 0 Å². The number of aliphatic hydroxyl groups excluding tert-OH is 3. The van der Waals surface area contributed by atoms with E-state index in [1.165, 1.54) is 0 Å². The van der Waals surface area contributed by atoms with Crippen LogP contribution in [0.5, 0.6) is 5.75 Å². The topological polar surface area (TPSA) is 160 Å². The summed E-state index contributed by atoms with van der Waals surface area (Å²) >= 11 is 0. The van der Waals surface area contributed by atoms with Gasteiger partial charge in [0.1, 0.15) is 24.0 Å². The Labute approximate surface area is 259 Å². The second-order valence-electron chi connectivity index (χ2n) is 10.6. The van der Waals surface area contributed by atoms with Gasteiger partial charge in [-0.2, -0.15) is 0 Å². The fourth-order valence-corrected chi connectivity index (χ4v) is 5.28. The van der Waals surface area contributed by atoms with Crippen molar-refractivity contribution >= 4 is 39.3 Å². The lowest BCUT2D eigenvalue weighted by Gasteiger charge is -2.22. The van der Waals surface area contributed by atoms with Crippen molar-refractivity contribution in [3.8, 4) is 28.5 Å². The van der Waals surface area contributed by atoms with Gasteiger partial charge >= 0.3 is 0 Å². The van der Waals surface area contributed by atoms with Crippen molar-refractivity contribution < 1.29 is 24.9 Å². The van der Waals surface area contributed by atoms with E-state index in [1.54, 1.807) is 6.07 Å². The van der Waals surface area contributed by atoms with Crippen molar-refractivity contribution in [1.29, 1.82) is 0 Å². The summed E-state index contributed by atoms with van der Waals surface area (Å²) in [6.45, 7) is 2.95. The highest BCUT2D eigenvalue weighted by Gasteiger charge is 2.15. The molecule has 0 radical (unpaired) electrons. The Bertz CT molecular complexity index is 1930. The summed E-state index contributed by atoms with van der Waals surface area (Å²) in [5, 5.41) is 30.6. The van der Waals surface area contributed by atoms with Gasteiger partial charge in [-0.3, -0.25) is 4.79 Å². The van der Waals surface area contributed by atoms with E-state index in [4.69, 9.17) is 14.8 Å². The fourth-order valence-electron chi connectivity index (χ4n) is 5.28. The molecule has 0 fully saturated rings. The molecule has 6 aromatic rings. The second kappa shape index (κ2) is 13.2. The highest BCUT2D eigenvalue weighted by Crippen LogP contribution is 2.28. The molecule has 4 aromatic carbocycles. The summed E-state index contributed by atoms with van der Waals surface area (Å²) < 4.78 is 5.43. The number of imidazole rings is 2. The SMILES string of the molecule is Cc1cc2[nH]c(-c3ccc(N(CCO)CCO)cc3)nc2cc1C(=O)Nc1ccc2nc(-c3ccc(OCCO)cc3)[nH]c2c1. The molecule has 0 aliphatic carbocycles. The average Bonchev–Trinajstić information content (AvgIpc) is 3.67. The third-order valence-electron chi connectivity index (χ3n) is 7.55. The minimum absolute atomic E-state index is 0.00152. The molecule has 2 aromatic heterocycles. The first-order chi connectivity index (χ1) is 21.9. The fraction of sp³-hybridized carbons (Fsp3) is 0.206. The summed E-state index contributed by atoms with van der Waals surface area (Å²) in [5.41, 5.74) is 7.69. The van der Waals surface area contributed by atoms with Crippen LogP contribution in [0.4, 0.5) is 11.4 Å². The number of carbonyl (C=O) groups excluding carboxylic acids is 1. The molecule has 0 aliphatic heterocycles. The summed E-state index contributed by atoms with van der Waals surface area (Å²) in [5.74, 6) is 1.80. The van der Waals surface area contributed by atoms with Gasteiger partial charge in [-0.25, -0.2) is 9.97 Å². The van der Waals surface area contributed by atoms with Crippen molar-refractivity contribution in [3.05, 3.63) is 90.0 Å². The third-order valence-corrected chi connectivity index (χ3v) is 7.55. The quantitative estimate of drug-likeness (QED) is 0.119. The number of aromatic nitrogens is 4. The molecule has 0 aliphatic rings. The predicted molar refractivity (Wildman–Crippen MR) is 175 cm³/mol. The Hall–Kier alpha value is -5.23. The normalized spacial score (nSPS) is 11.3. The number of aryl methyl sites for hydroxylation is 1. The van der Waals surface area contributed by atoms with Gasteiger partial charge in [-0.05, 0) is 91.3 Å². The van der Waals surface area contributed by atoms with Gasteiger partial charge in [-0.15, -0.1) is 0 Å². The minimum Gasteiger partial charge on any atom is -0.491 e. The molecule has 45 heavy (non-hydrogen) atoms. The lowest BCUT2D eigenvalue weighted by Crippen LogP contribution is -2.29. The largest absolute Gasteiger partial charge is 0.491 e. The number of fused-ring (bicyclic) bond motifs is 2. The average molecular weight is 607 g/mol. The van der Waals surface area contributed by atoms with Crippen molar-refractivity contribution in [2.45, 2.75) is 6.92 Å². The molecule has 6 rings (SSSR count). The van der Waals surface area contributed by atoms with E-state index in [0.29, 0.717) is 47.3 Å². The first kappa shape index (κ1) is 29.8. The first-order valence-corrected chi connectivity index (χ1v) is 14.7. The van der Waals surface area contributed by atoms with Crippen molar-refractivity contribution in [3.63, 3.8) is 0 Å². The summed E-state index contributed by atoms with van der Waals surface area (Å²) in [4.78, 5) is 31.4. The zero-order valence-corrected chi connectivity index (χ0v) is 24.7. The zero-order valence-electron chi connectivity index (χ0n) is 24.7. The monoisotopic (exact) mass is 606 g/mol.